The fourth-order valence-corrected chi connectivity index (χ4v) is 3.74. The van der Waals surface area contributed by atoms with E-state index in [1.54, 1.807) is 38.4 Å². The number of hydrogen-bond acceptors (Lipinski definition) is 3. The lowest BCUT2D eigenvalue weighted by molar-refractivity contribution is -0.110. The number of nitrogens with zero attached hydrogens (tertiary/aromatic N) is 1. The molecule has 1 atom stereocenters. The number of ether oxygens (including phenoxy) is 1. The van der Waals surface area contributed by atoms with E-state index < -0.39 is 23.3 Å². The number of halogens is 3. The van der Waals surface area contributed by atoms with E-state index in [0.717, 1.165) is 5.39 Å². The largest absolute Gasteiger partial charge is 0.496 e. The maximum atomic E-state index is 14.0. The van der Waals surface area contributed by atoms with E-state index in [0.29, 0.717) is 22.5 Å². The molecule has 150 valence electrons. The first-order valence-corrected chi connectivity index (χ1v) is 8.91. The van der Waals surface area contributed by atoms with Crippen molar-refractivity contribution in [2.75, 3.05) is 7.11 Å². The van der Waals surface area contributed by atoms with Gasteiger partial charge in [0.15, 0.2) is 0 Å². The van der Waals surface area contributed by atoms with Gasteiger partial charge in [-0.15, -0.1) is 0 Å². The fourth-order valence-electron chi connectivity index (χ4n) is 3.74. The van der Waals surface area contributed by atoms with E-state index in [2.05, 4.69) is 9.97 Å². The third-order valence-corrected chi connectivity index (χ3v) is 5.02. The zero-order valence-electron chi connectivity index (χ0n) is 16.0. The quantitative estimate of drug-likeness (QED) is 0.617. The zero-order chi connectivity index (χ0) is 20.5. The predicted octanol–water partition coefficient (Wildman–Crippen LogP) is 4.62. The number of nitrogens with one attached hydrogen (secondary N) is 1. The lowest BCUT2D eigenvalue weighted by atomic mass is 9.73. The SMILES string of the molecule is COc1ccc(F)cc1C(C)(C)CC(O)(Cc1cc2ccncc2[nH]1)C(F)F. The molecule has 0 saturated carbocycles. The number of methoxy groups -OCH3 is 1. The van der Waals surface area contributed by atoms with E-state index in [9.17, 15) is 18.3 Å². The van der Waals surface area contributed by atoms with Crippen molar-refractivity contribution in [3.8, 4) is 5.75 Å². The first-order valence-electron chi connectivity index (χ1n) is 8.91. The van der Waals surface area contributed by atoms with Gasteiger partial charge in [-0.2, -0.15) is 0 Å². The molecule has 2 N–H and O–H groups in total. The van der Waals surface area contributed by atoms with Crippen LogP contribution in [0, 0.1) is 5.82 Å². The summed E-state index contributed by atoms with van der Waals surface area (Å²) in [7, 11) is 1.44. The number of fused-ring (bicyclic) bond motifs is 1. The summed E-state index contributed by atoms with van der Waals surface area (Å²) in [5.74, 6) is -0.104. The van der Waals surface area contributed by atoms with Crippen LogP contribution < -0.4 is 4.74 Å². The molecule has 0 aliphatic carbocycles. The third kappa shape index (κ3) is 3.99. The van der Waals surface area contributed by atoms with Gasteiger partial charge in [0.1, 0.15) is 17.2 Å². The Kier molecular flexibility index (Phi) is 5.39. The van der Waals surface area contributed by atoms with Gasteiger partial charge in [0.05, 0.1) is 18.8 Å². The number of H-pyrrole nitrogens is 1. The molecule has 3 rings (SSSR count). The first kappa shape index (κ1) is 20.2. The molecule has 0 aliphatic rings. The molecule has 0 spiro atoms. The minimum absolute atomic E-state index is 0.277. The van der Waals surface area contributed by atoms with Crippen molar-refractivity contribution in [3.63, 3.8) is 0 Å². The van der Waals surface area contributed by atoms with Crippen LogP contribution >= 0.6 is 0 Å². The van der Waals surface area contributed by atoms with Crippen molar-refractivity contribution in [3.05, 3.63) is 59.8 Å². The molecule has 1 aromatic carbocycles. The molecule has 1 unspecified atom stereocenters. The van der Waals surface area contributed by atoms with Gasteiger partial charge in [-0.3, -0.25) is 4.98 Å². The van der Waals surface area contributed by atoms with Gasteiger partial charge in [-0.05, 0) is 42.2 Å². The van der Waals surface area contributed by atoms with Gasteiger partial charge >= 0.3 is 0 Å². The summed E-state index contributed by atoms with van der Waals surface area (Å²) in [4.78, 5) is 7.02. The lowest BCUT2D eigenvalue weighted by Gasteiger charge is -2.36. The number of alkyl halides is 2. The molecule has 28 heavy (non-hydrogen) atoms. The Bertz CT molecular complexity index is 938. The maximum absolute atomic E-state index is 14.0. The molecule has 3 aromatic rings. The fraction of sp³-hybridized carbons (Fsp3) is 0.381. The minimum Gasteiger partial charge on any atom is -0.496 e. The molecule has 0 radical (unpaired) electrons. The molecule has 0 fully saturated rings. The maximum Gasteiger partial charge on any atom is 0.267 e. The Hall–Kier alpha value is -2.54. The molecule has 0 amide bonds. The van der Waals surface area contributed by atoms with E-state index in [1.807, 2.05) is 0 Å². The molecular formula is C21H23F3N2O2. The monoisotopic (exact) mass is 392 g/mol. The summed E-state index contributed by atoms with van der Waals surface area (Å²) in [5, 5.41) is 11.7. The van der Waals surface area contributed by atoms with Gasteiger partial charge in [0, 0.05) is 29.3 Å². The highest BCUT2D eigenvalue weighted by molar-refractivity contribution is 5.79. The van der Waals surface area contributed by atoms with Crippen LogP contribution in [0.3, 0.4) is 0 Å². The number of aliphatic hydroxyl groups is 1. The Morgan fingerprint density at radius 3 is 2.61 bits per heavy atom. The lowest BCUT2D eigenvalue weighted by Crippen LogP contribution is -2.45. The predicted molar refractivity (Wildman–Crippen MR) is 101 cm³/mol. The highest BCUT2D eigenvalue weighted by atomic mass is 19.3. The van der Waals surface area contributed by atoms with Crippen LogP contribution in [-0.2, 0) is 11.8 Å². The Morgan fingerprint density at radius 2 is 1.96 bits per heavy atom. The standard InChI is InChI=1S/C21H23F3N2O2/c1-20(2,16-9-14(22)4-5-18(16)28-3)12-21(27,19(23)24)10-15-8-13-6-7-25-11-17(13)26-15/h4-9,11,19,26-27H,10,12H2,1-3H3. The number of aromatic nitrogens is 2. The van der Waals surface area contributed by atoms with Gasteiger partial charge in [-0.1, -0.05) is 13.8 Å². The smallest absolute Gasteiger partial charge is 0.267 e. The summed E-state index contributed by atoms with van der Waals surface area (Å²) in [6.07, 6.45) is -0.345. The Labute approximate surface area is 161 Å². The number of benzene rings is 1. The summed E-state index contributed by atoms with van der Waals surface area (Å²) in [5.41, 5.74) is -1.66. The highest BCUT2D eigenvalue weighted by Gasteiger charge is 2.44. The van der Waals surface area contributed by atoms with E-state index in [1.165, 1.54) is 25.3 Å². The van der Waals surface area contributed by atoms with Gasteiger partial charge < -0.3 is 14.8 Å². The van der Waals surface area contributed by atoms with Crippen LogP contribution in [0.5, 0.6) is 5.75 Å². The van der Waals surface area contributed by atoms with Gasteiger partial charge in [0.25, 0.3) is 6.43 Å². The van der Waals surface area contributed by atoms with Crippen molar-refractivity contribution in [2.24, 2.45) is 0 Å². The Morgan fingerprint density at radius 1 is 1.21 bits per heavy atom. The first-order chi connectivity index (χ1) is 13.1. The van der Waals surface area contributed by atoms with Crippen molar-refractivity contribution >= 4 is 10.9 Å². The summed E-state index contributed by atoms with van der Waals surface area (Å²) < 4.78 is 47.0. The van der Waals surface area contributed by atoms with Gasteiger partial charge in [0.2, 0.25) is 0 Å². The van der Waals surface area contributed by atoms with Crippen LogP contribution in [0.25, 0.3) is 10.9 Å². The van der Waals surface area contributed by atoms with E-state index >= 15 is 0 Å². The second kappa shape index (κ2) is 7.47. The van der Waals surface area contributed by atoms with Crippen LogP contribution in [-0.4, -0.2) is 34.2 Å². The third-order valence-electron chi connectivity index (χ3n) is 5.02. The average molecular weight is 392 g/mol. The minimum atomic E-state index is -2.99. The normalized spacial score (nSPS) is 14.4. The second-order valence-corrected chi connectivity index (χ2v) is 7.74. The van der Waals surface area contributed by atoms with Crippen molar-refractivity contribution in [2.45, 2.75) is 44.1 Å². The number of pyridine rings is 1. The van der Waals surface area contributed by atoms with Crippen molar-refractivity contribution in [1.29, 1.82) is 0 Å². The van der Waals surface area contributed by atoms with Crippen molar-refractivity contribution < 1.29 is 23.0 Å². The summed E-state index contributed by atoms with van der Waals surface area (Å²) >= 11 is 0. The summed E-state index contributed by atoms with van der Waals surface area (Å²) in [6.45, 7) is 3.37. The number of hydrogen-bond donors (Lipinski definition) is 2. The average Bonchev–Trinajstić information content (AvgIpc) is 3.02. The topological polar surface area (TPSA) is 58.1 Å². The number of aromatic amines is 1. The molecule has 2 heterocycles. The van der Waals surface area contributed by atoms with Crippen LogP contribution in [0.1, 0.15) is 31.5 Å². The van der Waals surface area contributed by atoms with Gasteiger partial charge in [-0.25, -0.2) is 13.2 Å². The van der Waals surface area contributed by atoms with E-state index in [-0.39, 0.29) is 12.8 Å². The van der Waals surface area contributed by atoms with Crippen LogP contribution in [0.2, 0.25) is 0 Å². The van der Waals surface area contributed by atoms with Crippen molar-refractivity contribution in [1.82, 2.24) is 9.97 Å². The molecule has 0 bridgehead atoms. The summed E-state index contributed by atoms with van der Waals surface area (Å²) in [6, 6.07) is 7.45. The molecule has 4 nitrogen and oxygen atoms in total. The highest BCUT2D eigenvalue weighted by Crippen LogP contribution is 2.41. The second-order valence-electron chi connectivity index (χ2n) is 7.74. The molecule has 0 aliphatic heterocycles. The van der Waals surface area contributed by atoms with Crippen LogP contribution in [0.15, 0.2) is 42.7 Å². The molecule has 7 heteroatoms. The Balaban J connectivity index is 1.93. The zero-order valence-corrected chi connectivity index (χ0v) is 16.0. The molecule has 2 aromatic heterocycles. The number of rotatable bonds is 7. The van der Waals surface area contributed by atoms with E-state index in [4.69, 9.17) is 4.74 Å². The van der Waals surface area contributed by atoms with Crippen LogP contribution in [0.4, 0.5) is 13.2 Å². The molecular weight excluding hydrogens is 369 g/mol. The molecule has 0 saturated heterocycles.